The predicted molar refractivity (Wildman–Crippen MR) is 170 cm³/mol. The molecule has 0 aliphatic carbocycles. The lowest BCUT2D eigenvalue weighted by molar-refractivity contribution is -0.138. The highest BCUT2D eigenvalue weighted by Crippen LogP contribution is 2.24. The van der Waals surface area contributed by atoms with Crippen molar-refractivity contribution in [1.29, 1.82) is 0 Å². The van der Waals surface area contributed by atoms with E-state index in [1.807, 2.05) is 48.7 Å². The number of aromatic nitrogens is 1. The smallest absolute Gasteiger partial charge is 0.408 e. The van der Waals surface area contributed by atoms with Crippen molar-refractivity contribution in [2.75, 3.05) is 32.8 Å². The zero-order valence-corrected chi connectivity index (χ0v) is 26.7. The number of nitrogens with one attached hydrogen (secondary N) is 3. The van der Waals surface area contributed by atoms with E-state index in [1.54, 1.807) is 44.4 Å². The summed E-state index contributed by atoms with van der Waals surface area (Å²) in [6, 6.07) is 12.6. The number of hydrogen-bond donors (Lipinski definition) is 3. The lowest BCUT2D eigenvalue weighted by atomic mass is 9.95. The first-order valence-electron chi connectivity index (χ1n) is 15.5. The average molecular weight is 618 g/mol. The van der Waals surface area contributed by atoms with Gasteiger partial charge >= 0.3 is 6.09 Å². The fraction of sp³-hybridized carbons (Fsp3) is 0.471. The molecule has 1 atom stereocenters. The Morgan fingerprint density at radius 2 is 1.69 bits per heavy atom. The molecule has 0 radical (unpaired) electrons. The molecule has 0 bridgehead atoms. The van der Waals surface area contributed by atoms with Crippen molar-refractivity contribution in [3.63, 3.8) is 0 Å². The zero-order valence-electron chi connectivity index (χ0n) is 26.7. The number of amides is 4. The largest absolute Gasteiger partial charge is 0.444 e. The monoisotopic (exact) mass is 617 g/mol. The van der Waals surface area contributed by atoms with Gasteiger partial charge in [-0.25, -0.2) is 4.79 Å². The summed E-state index contributed by atoms with van der Waals surface area (Å²) in [6.07, 6.45) is 1.99. The van der Waals surface area contributed by atoms with Gasteiger partial charge in [0.15, 0.2) is 0 Å². The van der Waals surface area contributed by atoms with Crippen LogP contribution in [0.4, 0.5) is 4.79 Å². The van der Waals surface area contributed by atoms with Crippen molar-refractivity contribution in [2.45, 2.75) is 71.2 Å². The molecule has 11 heteroatoms. The Bertz CT molecular complexity index is 1580. The molecule has 3 N–H and O–H groups in total. The molecule has 1 aromatic heterocycles. The van der Waals surface area contributed by atoms with E-state index >= 15 is 0 Å². The lowest BCUT2D eigenvalue weighted by Gasteiger charge is -2.34. The van der Waals surface area contributed by atoms with Crippen molar-refractivity contribution in [3.8, 4) is 0 Å². The first-order chi connectivity index (χ1) is 21.3. The summed E-state index contributed by atoms with van der Waals surface area (Å²) in [6.45, 7) is 11.4. The summed E-state index contributed by atoms with van der Waals surface area (Å²) < 4.78 is 10.7. The number of carbonyl (C=O) groups is 4. The molecule has 2 aliphatic rings. The Hall–Kier alpha value is -4.38. The second-order valence-electron chi connectivity index (χ2n) is 13.2. The van der Waals surface area contributed by atoms with Crippen molar-refractivity contribution in [1.82, 2.24) is 25.4 Å². The highest BCUT2D eigenvalue weighted by molar-refractivity contribution is 5.95. The predicted octanol–water partition coefficient (Wildman–Crippen LogP) is 3.56. The number of H-pyrrole nitrogens is 1. The quantitative estimate of drug-likeness (QED) is 0.372. The van der Waals surface area contributed by atoms with Crippen LogP contribution in [0, 0.1) is 0 Å². The molecule has 1 saturated heterocycles. The Morgan fingerprint density at radius 1 is 0.956 bits per heavy atom. The van der Waals surface area contributed by atoms with E-state index in [2.05, 4.69) is 15.6 Å². The van der Waals surface area contributed by atoms with Gasteiger partial charge in [0.25, 0.3) is 5.91 Å². The number of nitrogens with zero attached hydrogens (tertiary/aromatic N) is 2. The number of ether oxygens (including phenoxy) is 2. The third-order valence-corrected chi connectivity index (χ3v) is 8.16. The molecule has 0 spiro atoms. The van der Waals surface area contributed by atoms with Gasteiger partial charge in [0, 0.05) is 55.3 Å². The fourth-order valence-electron chi connectivity index (χ4n) is 5.72. The van der Waals surface area contributed by atoms with E-state index in [1.165, 1.54) is 0 Å². The van der Waals surface area contributed by atoms with E-state index in [0.29, 0.717) is 51.4 Å². The van der Waals surface area contributed by atoms with Crippen LogP contribution in [0.25, 0.3) is 10.9 Å². The summed E-state index contributed by atoms with van der Waals surface area (Å²) in [7, 11) is 0. The third kappa shape index (κ3) is 7.65. The normalized spacial score (nSPS) is 16.1. The maximum atomic E-state index is 14.1. The van der Waals surface area contributed by atoms with E-state index < -0.39 is 29.2 Å². The van der Waals surface area contributed by atoms with Crippen molar-refractivity contribution >= 4 is 34.7 Å². The fourth-order valence-corrected chi connectivity index (χ4v) is 5.72. The standard InChI is InChI=1S/C34H43N5O6/c1-33(2,3)45-32(43)37-34(4,5)31(42)36-28(19-25-20-35-27-9-7-6-8-26(25)27)30(41)39-13-12-22-18-23(10-11-24(22)21-39)29(40)38-14-16-44-17-15-38/h6-11,18,20,28,35H,12-17,19,21H2,1-5H3,(H,36,42)(H,37,43)/t28-/m1/s1. The van der Waals surface area contributed by atoms with Crippen molar-refractivity contribution in [2.24, 2.45) is 0 Å². The van der Waals surface area contributed by atoms with Gasteiger partial charge in [-0.3, -0.25) is 14.4 Å². The molecule has 240 valence electrons. The Morgan fingerprint density at radius 3 is 2.42 bits per heavy atom. The average Bonchev–Trinajstić information content (AvgIpc) is 3.41. The van der Waals surface area contributed by atoms with E-state index in [9.17, 15) is 19.2 Å². The molecular weight excluding hydrogens is 574 g/mol. The molecule has 45 heavy (non-hydrogen) atoms. The Kier molecular flexibility index (Phi) is 9.20. The minimum absolute atomic E-state index is 0.0104. The van der Waals surface area contributed by atoms with Gasteiger partial charge < -0.3 is 34.9 Å². The van der Waals surface area contributed by atoms with Gasteiger partial charge in [-0.15, -0.1) is 0 Å². The highest BCUT2D eigenvalue weighted by atomic mass is 16.6. The van der Waals surface area contributed by atoms with Gasteiger partial charge in [-0.1, -0.05) is 24.3 Å². The highest BCUT2D eigenvalue weighted by Gasteiger charge is 2.36. The molecule has 2 aliphatic heterocycles. The molecule has 2 aromatic carbocycles. The minimum atomic E-state index is -1.35. The molecule has 11 nitrogen and oxygen atoms in total. The molecule has 1 fully saturated rings. The second kappa shape index (κ2) is 12.9. The molecule has 0 unspecified atom stereocenters. The number of rotatable bonds is 7. The van der Waals surface area contributed by atoms with Gasteiger partial charge in [0.05, 0.1) is 13.2 Å². The van der Waals surface area contributed by atoms with Crippen LogP contribution in [-0.2, 0) is 38.4 Å². The summed E-state index contributed by atoms with van der Waals surface area (Å²) in [5, 5.41) is 6.54. The second-order valence-corrected chi connectivity index (χ2v) is 13.2. The van der Waals surface area contributed by atoms with Crippen LogP contribution in [0.2, 0.25) is 0 Å². The van der Waals surface area contributed by atoms with Crippen molar-refractivity contribution in [3.05, 3.63) is 70.9 Å². The van der Waals surface area contributed by atoms with Crippen LogP contribution in [0.5, 0.6) is 0 Å². The maximum Gasteiger partial charge on any atom is 0.408 e. The maximum absolute atomic E-state index is 14.1. The number of para-hydroxylation sites is 1. The molecule has 4 amide bonds. The molecule has 3 aromatic rings. The molecule has 0 saturated carbocycles. The summed E-state index contributed by atoms with van der Waals surface area (Å²) in [5.41, 5.74) is 2.40. The first kappa shape index (κ1) is 32.0. The van der Waals surface area contributed by atoms with Crippen LogP contribution < -0.4 is 10.6 Å². The van der Waals surface area contributed by atoms with Crippen LogP contribution in [0.15, 0.2) is 48.7 Å². The number of morpholine rings is 1. The van der Waals surface area contributed by atoms with Crippen molar-refractivity contribution < 1.29 is 28.7 Å². The lowest BCUT2D eigenvalue weighted by Crippen LogP contribution is -2.60. The van der Waals surface area contributed by atoms with E-state index in [-0.39, 0.29) is 18.2 Å². The molecule has 5 rings (SSSR count). The first-order valence-corrected chi connectivity index (χ1v) is 15.5. The number of benzene rings is 2. The number of carbonyl (C=O) groups excluding carboxylic acids is 4. The van der Waals surface area contributed by atoms with Gasteiger partial charge in [-0.2, -0.15) is 0 Å². The summed E-state index contributed by atoms with van der Waals surface area (Å²) in [4.78, 5) is 60.1. The third-order valence-electron chi connectivity index (χ3n) is 8.16. The van der Waals surface area contributed by atoms with E-state index in [0.717, 1.165) is 27.6 Å². The number of hydrogen-bond acceptors (Lipinski definition) is 6. The van der Waals surface area contributed by atoms with E-state index in [4.69, 9.17) is 9.47 Å². The van der Waals surface area contributed by atoms with Crippen LogP contribution >= 0.6 is 0 Å². The van der Waals surface area contributed by atoms with Gasteiger partial charge in [0.2, 0.25) is 11.8 Å². The number of aromatic amines is 1. The summed E-state index contributed by atoms with van der Waals surface area (Å²) in [5.74, 6) is -0.736. The number of alkyl carbamates (subject to hydrolysis) is 1. The Labute approximate surface area is 263 Å². The van der Waals surface area contributed by atoms with Gasteiger partial charge in [-0.05, 0) is 75.9 Å². The Balaban J connectivity index is 1.34. The topological polar surface area (TPSA) is 133 Å². The SMILES string of the molecule is CC(C)(C)OC(=O)NC(C)(C)C(=O)N[C@H](Cc1c[nH]c2ccccc12)C(=O)N1CCc2cc(C(=O)N3CCOCC3)ccc2C1. The summed E-state index contributed by atoms with van der Waals surface area (Å²) >= 11 is 0. The van der Waals surface area contributed by atoms with Crippen LogP contribution in [-0.4, -0.2) is 88.6 Å². The van der Waals surface area contributed by atoms with Crippen LogP contribution in [0.3, 0.4) is 0 Å². The van der Waals surface area contributed by atoms with Crippen LogP contribution in [0.1, 0.15) is 61.7 Å². The minimum Gasteiger partial charge on any atom is -0.444 e. The molecule has 3 heterocycles. The van der Waals surface area contributed by atoms with Gasteiger partial charge in [0.1, 0.15) is 17.2 Å². The number of fused-ring (bicyclic) bond motifs is 2. The molecular formula is C34H43N5O6. The zero-order chi connectivity index (χ0) is 32.4.